The Kier molecular flexibility index (Phi) is 4.51. The summed E-state index contributed by atoms with van der Waals surface area (Å²) in [6, 6.07) is 3.78. The van der Waals surface area contributed by atoms with Crippen molar-refractivity contribution in [2.24, 2.45) is 0 Å². The van der Waals surface area contributed by atoms with Crippen molar-refractivity contribution >= 4 is 15.7 Å². The Hall–Kier alpha value is -2.06. The van der Waals surface area contributed by atoms with Gasteiger partial charge in [0.2, 0.25) is 0 Å². The van der Waals surface area contributed by atoms with Crippen LogP contribution in [0.25, 0.3) is 0 Å². The molecule has 1 saturated heterocycles. The van der Waals surface area contributed by atoms with Gasteiger partial charge >= 0.3 is 0 Å². The Morgan fingerprint density at radius 3 is 2.36 bits per heavy atom. The Morgan fingerprint density at radius 2 is 1.80 bits per heavy atom. The zero-order chi connectivity index (χ0) is 18.2. The molecule has 1 fully saturated rings. The molecule has 0 aliphatic carbocycles. The van der Waals surface area contributed by atoms with E-state index in [2.05, 4.69) is 15.0 Å². The highest BCUT2D eigenvalue weighted by Gasteiger charge is 2.36. The average Bonchev–Trinajstić information content (AvgIpc) is 2.55. The molecular formula is C17H22N4O3S. The van der Waals surface area contributed by atoms with Gasteiger partial charge in [-0.05, 0) is 38.3 Å². The summed E-state index contributed by atoms with van der Waals surface area (Å²) in [5, 5.41) is 10.9. The van der Waals surface area contributed by atoms with Gasteiger partial charge in [-0.15, -0.1) is 0 Å². The molecule has 0 atom stereocenters. The molecule has 0 unspecified atom stereocenters. The summed E-state index contributed by atoms with van der Waals surface area (Å²) in [7, 11) is -3.43. The molecule has 3 heterocycles. The topological polar surface area (TPSA) is 96.3 Å². The van der Waals surface area contributed by atoms with Crippen LogP contribution >= 0.6 is 0 Å². The fraction of sp³-hybridized carbons (Fsp3) is 0.471. The van der Waals surface area contributed by atoms with E-state index >= 15 is 0 Å². The van der Waals surface area contributed by atoms with Gasteiger partial charge in [0, 0.05) is 25.5 Å². The fourth-order valence-electron chi connectivity index (χ4n) is 3.02. The lowest BCUT2D eigenvalue weighted by atomic mass is 9.87. The van der Waals surface area contributed by atoms with Crippen LogP contribution < -0.4 is 4.90 Å². The van der Waals surface area contributed by atoms with Gasteiger partial charge in [0.1, 0.15) is 16.3 Å². The molecule has 2 aromatic rings. The lowest BCUT2D eigenvalue weighted by molar-refractivity contribution is 0.00740. The number of anilines is 1. The van der Waals surface area contributed by atoms with E-state index in [1.807, 2.05) is 24.0 Å². The largest absolute Gasteiger partial charge is 0.383 e. The van der Waals surface area contributed by atoms with Gasteiger partial charge < -0.3 is 10.0 Å². The van der Waals surface area contributed by atoms with Gasteiger partial charge in [-0.2, -0.15) is 0 Å². The normalized spacial score (nSPS) is 17.5. The Morgan fingerprint density at radius 1 is 1.12 bits per heavy atom. The minimum Gasteiger partial charge on any atom is -0.383 e. The monoisotopic (exact) mass is 362 g/mol. The summed E-state index contributed by atoms with van der Waals surface area (Å²) in [6.45, 7) is 4.66. The van der Waals surface area contributed by atoms with E-state index in [9.17, 15) is 13.5 Å². The molecule has 0 saturated carbocycles. The molecule has 0 spiro atoms. The lowest BCUT2D eigenvalue weighted by Gasteiger charge is -2.38. The molecule has 1 aliphatic heterocycles. The number of hydrogen-bond acceptors (Lipinski definition) is 7. The Bertz CT molecular complexity index is 873. The van der Waals surface area contributed by atoms with Crippen LogP contribution in [0, 0.1) is 13.8 Å². The number of pyridine rings is 1. The molecule has 25 heavy (non-hydrogen) atoms. The molecule has 134 valence electrons. The van der Waals surface area contributed by atoms with Crippen molar-refractivity contribution in [1.29, 1.82) is 0 Å². The molecule has 3 rings (SSSR count). The number of aromatic nitrogens is 3. The zero-order valence-corrected chi connectivity index (χ0v) is 15.4. The van der Waals surface area contributed by atoms with Crippen LogP contribution in [-0.4, -0.2) is 47.8 Å². The number of nitrogens with zero attached hydrogens (tertiary/aromatic N) is 4. The average molecular weight is 362 g/mol. The third kappa shape index (κ3) is 3.64. The molecule has 0 amide bonds. The van der Waals surface area contributed by atoms with Crippen molar-refractivity contribution in [3.8, 4) is 0 Å². The molecule has 1 N–H and O–H groups in total. The van der Waals surface area contributed by atoms with Crippen molar-refractivity contribution in [1.82, 2.24) is 15.0 Å². The first-order valence-corrected chi connectivity index (χ1v) is 10.0. The molecule has 0 aromatic carbocycles. The lowest BCUT2D eigenvalue weighted by Crippen LogP contribution is -2.44. The summed E-state index contributed by atoms with van der Waals surface area (Å²) in [5.41, 5.74) is 0.691. The summed E-state index contributed by atoms with van der Waals surface area (Å²) in [4.78, 5) is 14.7. The van der Waals surface area contributed by atoms with Crippen LogP contribution in [0.1, 0.15) is 29.9 Å². The Balaban J connectivity index is 1.86. The SMILES string of the molecule is Cc1ccc(C2(O)CCN(c3nc(C)ncc3S(C)(=O)=O)CC2)nc1. The third-order valence-electron chi connectivity index (χ3n) is 4.53. The maximum atomic E-state index is 12.0. The third-order valence-corrected chi connectivity index (χ3v) is 5.62. The molecule has 2 aromatic heterocycles. The van der Waals surface area contributed by atoms with Crippen LogP contribution in [0.5, 0.6) is 0 Å². The van der Waals surface area contributed by atoms with Crippen LogP contribution in [-0.2, 0) is 15.4 Å². The molecule has 7 nitrogen and oxygen atoms in total. The van der Waals surface area contributed by atoms with E-state index in [1.54, 1.807) is 13.1 Å². The predicted molar refractivity (Wildman–Crippen MR) is 94.2 cm³/mol. The van der Waals surface area contributed by atoms with Crippen LogP contribution in [0.3, 0.4) is 0 Å². The van der Waals surface area contributed by atoms with E-state index < -0.39 is 15.4 Å². The quantitative estimate of drug-likeness (QED) is 0.881. The van der Waals surface area contributed by atoms with Gasteiger partial charge in [0.15, 0.2) is 15.7 Å². The van der Waals surface area contributed by atoms with E-state index in [4.69, 9.17) is 0 Å². The fourth-order valence-corrected chi connectivity index (χ4v) is 3.77. The minimum atomic E-state index is -3.43. The first-order chi connectivity index (χ1) is 11.7. The van der Waals surface area contributed by atoms with Gasteiger partial charge in [0.05, 0.1) is 11.9 Å². The van der Waals surface area contributed by atoms with Gasteiger partial charge in [-0.3, -0.25) is 4.98 Å². The van der Waals surface area contributed by atoms with Crippen LogP contribution in [0.2, 0.25) is 0 Å². The summed E-state index contributed by atoms with van der Waals surface area (Å²) in [6.07, 6.45) is 5.16. The minimum absolute atomic E-state index is 0.122. The number of aryl methyl sites for hydroxylation is 2. The van der Waals surface area contributed by atoms with Crippen LogP contribution in [0.4, 0.5) is 5.82 Å². The molecule has 0 radical (unpaired) electrons. The van der Waals surface area contributed by atoms with Crippen molar-refractivity contribution in [3.63, 3.8) is 0 Å². The van der Waals surface area contributed by atoms with E-state index in [0.29, 0.717) is 43.3 Å². The second-order valence-corrected chi connectivity index (χ2v) is 8.60. The highest BCUT2D eigenvalue weighted by atomic mass is 32.2. The summed E-state index contributed by atoms with van der Waals surface area (Å²) in [5.74, 6) is 0.928. The number of piperidine rings is 1. The second-order valence-electron chi connectivity index (χ2n) is 6.62. The maximum Gasteiger partial charge on any atom is 0.180 e. The van der Waals surface area contributed by atoms with Crippen molar-refractivity contribution in [2.75, 3.05) is 24.2 Å². The summed E-state index contributed by atoms with van der Waals surface area (Å²) < 4.78 is 24.0. The summed E-state index contributed by atoms with van der Waals surface area (Å²) >= 11 is 0. The first-order valence-electron chi connectivity index (χ1n) is 8.13. The molecular weight excluding hydrogens is 340 g/mol. The van der Waals surface area contributed by atoms with E-state index in [-0.39, 0.29) is 4.90 Å². The number of rotatable bonds is 3. The zero-order valence-electron chi connectivity index (χ0n) is 14.6. The van der Waals surface area contributed by atoms with Crippen molar-refractivity contribution in [3.05, 3.63) is 41.6 Å². The van der Waals surface area contributed by atoms with Gasteiger partial charge in [-0.1, -0.05) is 6.07 Å². The number of hydrogen-bond donors (Lipinski definition) is 1. The van der Waals surface area contributed by atoms with Crippen molar-refractivity contribution in [2.45, 2.75) is 37.2 Å². The van der Waals surface area contributed by atoms with E-state index in [1.165, 1.54) is 6.20 Å². The molecule has 0 bridgehead atoms. The maximum absolute atomic E-state index is 12.0. The highest BCUT2D eigenvalue weighted by Crippen LogP contribution is 2.34. The predicted octanol–water partition coefficient (Wildman–Crippen LogP) is 1.38. The molecule has 8 heteroatoms. The van der Waals surface area contributed by atoms with Crippen LogP contribution in [0.15, 0.2) is 29.4 Å². The highest BCUT2D eigenvalue weighted by molar-refractivity contribution is 7.90. The standard InChI is InChI=1S/C17H22N4O3S/c1-12-4-5-15(19-10-12)17(22)6-8-21(9-7-17)16-14(25(3,23)24)11-18-13(2)20-16/h4-5,10-11,22H,6-9H2,1-3H3. The van der Waals surface area contributed by atoms with Gasteiger partial charge in [-0.25, -0.2) is 18.4 Å². The Labute approximate surface area is 147 Å². The van der Waals surface area contributed by atoms with E-state index in [0.717, 1.165) is 11.8 Å². The van der Waals surface area contributed by atoms with Crippen molar-refractivity contribution < 1.29 is 13.5 Å². The first kappa shape index (κ1) is 17.8. The second kappa shape index (κ2) is 6.34. The number of sulfone groups is 1. The number of aliphatic hydroxyl groups is 1. The molecule has 1 aliphatic rings. The smallest absolute Gasteiger partial charge is 0.180 e. The van der Waals surface area contributed by atoms with Gasteiger partial charge in [0.25, 0.3) is 0 Å².